The fraction of sp³-hybridized carbons (Fsp3) is 0.400. The van der Waals surface area contributed by atoms with Gasteiger partial charge in [0.1, 0.15) is 11.2 Å². The highest BCUT2D eigenvalue weighted by molar-refractivity contribution is 6.94. The van der Waals surface area contributed by atoms with Crippen LogP contribution in [0.5, 0.6) is 0 Å². The normalized spacial score (nSPS) is 19.3. The Labute approximate surface area is 568 Å². The average molecular weight is 1250 g/mol. The molecule has 0 N–H and O–H groups in total. The Balaban J connectivity index is 1.06. The summed E-state index contributed by atoms with van der Waals surface area (Å²) in [4.78, 5) is 8.13. The zero-order valence-electron chi connectivity index (χ0n) is 61.0. The van der Waals surface area contributed by atoms with E-state index in [-0.39, 0.29) is 55.6 Å². The molecule has 1 aromatic heterocycles. The summed E-state index contributed by atoms with van der Waals surface area (Å²) in [5.41, 5.74) is 34.5. The summed E-state index contributed by atoms with van der Waals surface area (Å²) in [6.07, 6.45) is 6.87. The Morgan fingerprint density at radius 2 is 0.895 bits per heavy atom. The standard InChI is InChI=1S/C90H100BN3O/c1-53-44-68-71(88(16,17)42-40-85(68,10)11)50-75(53)93-76-49-63-62-48-70-72(89(18,19)43-41-87(70,14)15)51-77(62)95-78(63)52-73(76)91-80-65(47-64-60-24-22-23-25-66(60)90(20,21)79(64)81(80)93)61-45-58(35-37-74(61)94(91)59-34-36-67-69(46-59)86(12,13)39-38-84(67,8)9)92(56-30-26-54(27-31-56)82(2,3)4)57-32-28-55(29-33-57)83(5,6)7/h22-37,44-52H,38-43H2,1-21H3. The first kappa shape index (κ1) is 62.1. The predicted molar refractivity (Wildman–Crippen MR) is 408 cm³/mol. The van der Waals surface area contributed by atoms with Crippen LogP contribution in [0.3, 0.4) is 0 Å². The van der Waals surface area contributed by atoms with E-state index in [2.05, 4.69) is 312 Å². The first-order chi connectivity index (χ1) is 44.5. The fourth-order valence-electron chi connectivity index (χ4n) is 18.6. The third-order valence-electron chi connectivity index (χ3n) is 25.0. The number of benzene rings is 9. The molecule has 0 spiro atoms. The Bertz CT molecular complexity index is 4850. The Morgan fingerprint density at radius 1 is 0.400 bits per heavy atom. The monoisotopic (exact) mass is 1250 g/mol. The summed E-state index contributed by atoms with van der Waals surface area (Å²) >= 11 is 0. The Hall–Kier alpha value is -7.76. The van der Waals surface area contributed by atoms with Gasteiger partial charge in [0.2, 0.25) is 0 Å². The number of aryl methyl sites for hydroxylation is 1. The molecule has 4 nitrogen and oxygen atoms in total. The molecule has 16 rings (SSSR count). The van der Waals surface area contributed by atoms with Crippen LogP contribution in [0.4, 0.5) is 45.5 Å². The molecule has 95 heavy (non-hydrogen) atoms. The van der Waals surface area contributed by atoms with Crippen LogP contribution < -0.4 is 25.5 Å². The molecule has 6 aliphatic rings. The SMILES string of the molecule is Cc1cc2c(cc1N1c3cc4c(cc3B3c5c(cc6c(c51)C(C)(C)c1ccccc1-6)-c1cc(N(c5ccc(C(C)(C)C)cc5)c5ccc(C(C)(C)C)cc5)ccc1N3c1ccc3c(c1)C(C)(C)CCC3(C)C)oc1cc3c(cc14)C(C)(C)CCC3(C)C)C(C)(C)CCC2(C)C. The lowest BCUT2D eigenvalue weighted by Crippen LogP contribution is -2.62. The predicted octanol–water partition coefficient (Wildman–Crippen LogP) is 24.0. The molecule has 10 aromatic rings. The lowest BCUT2D eigenvalue weighted by molar-refractivity contribution is 0.332. The molecule has 0 amide bonds. The number of anilines is 8. The first-order valence-electron chi connectivity index (χ1n) is 35.9. The van der Waals surface area contributed by atoms with Gasteiger partial charge in [-0.2, -0.15) is 0 Å². The first-order valence-corrected chi connectivity index (χ1v) is 35.9. The zero-order chi connectivity index (χ0) is 67.2. The molecule has 0 atom stereocenters. The molecule has 0 fully saturated rings. The minimum atomic E-state index is -0.368. The molecule has 484 valence electrons. The van der Waals surface area contributed by atoms with Crippen molar-refractivity contribution < 1.29 is 4.42 Å². The molecular weight excluding hydrogens is 1150 g/mol. The molecule has 0 saturated heterocycles. The minimum Gasteiger partial charge on any atom is -0.456 e. The van der Waals surface area contributed by atoms with Gasteiger partial charge in [0.15, 0.2) is 0 Å². The van der Waals surface area contributed by atoms with Crippen molar-refractivity contribution in [3.8, 4) is 22.3 Å². The van der Waals surface area contributed by atoms with Crippen LogP contribution in [0, 0.1) is 6.92 Å². The van der Waals surface area contributed by atoms with E-state index in [4.69, 9.17) is 4.42 Å². The van der Waals surface area contributed by atoms with Crippen molar-refractivity contribution in [2.24, 2.45) is 0 Å². The van der Waals surface area contributed by atoms with Crippen molar-refractivity contribution in [1.29, 1.82) is 0 Å². The van der Waals surface area contributed by atoms with Crippen LogP contribution in [0.2, 0.25) is 0 Å². The Morgan fingerprint density at radius 3 is 1.47 bits per heavy atom. The third kappa shape index (κ3) is 9.18. The molecule has 5 heteroatoms. The summed E-state index contributed by atoms with van der Waals surface area (Å²) in [6.45, 7) is 50.8. The lowest BCUT2D eigenvalue weighted by Gasteiger charge is -2.49. The van der Waals surface area contributed by atoms with Crippen molar-refractivity contribution >= 4 is 85.2 Å². The summed E-state index contributed by atoms with van der Waals surface area (Å²) in [7, 11) is 0. The molecule has 0 unspecified atom stereocenters. The second-order valence-electron chi connectivity index (χ2n) is 36.6. The van der Waals surface area contributed by atoms with E-state index in [9.17, 15) is 0 Å². The van der Waals surface area contributed by atoms with E-state index >= 15 is 0 Å². The van der Waals surface area contributed by atoms with E-state index < -0.39 is 0 Å². The number of hydrogen-bond acceptors (Lipinski definition) is 4. The van der Waals surface area contributed by atoms with Crippen molar-refractivity contribution in [2.45, 2.75) is 233 Å². The third-order valence-corrected chi connectivity index (χ3v) is 25.0. The van der Waals surface area contributed by atoms with Crippen LogP contribution in [-0.4, -0.2) is 6.85 Å². The molecule has 0 bridgehead atoms. The fourth-order valence-corrected chi connectivity index (χ4v) is 18.6. The van der Waals surface area contributed by atoms with Crippen molar-refractivity contribution in [3.05, 3.63) is 213 Å². The summed E-state index contributed by atoms with van der Waals surface area (Å²) in [6, 6.07) is 61.3. The molecule has 3 heterocycles. The van der Waals surface area contributed by atoms with Crippen molar-refractivity contribution in [1.82, 2.24) is 0 Å². The van der Waals surface area contributed by atoms with Gasteiger partial charge in [0.05, 0.1) is 0 Å². The summed E-state index contributed by atoms with van der Waals surface area (Å²) < 4.78 is 7.48. The van der Waals surface area contributed by atoms with E-state index in [1.807, 2.05) is 0 Å². The smallest absolute Gasteiger partial charge is 0.333 e. The van der Waals surface area contributed by atoms with E-state index in [0.29, 0.717) is 0 Å². The highest BCUT2D eigenvalue weighted by Crippen LogP contribution is 2.61. The van der Waals surface area contributed by atoms with E-state index in [0.717, 1.165) is 66.8 Å². The average Bonchev–Trinajstić information content (AvgIpc) is 1.66. The number of fused-ring (bicyclic) bond motifs is 14. The van der Waals surface area contributed by atoms with Crippen LogP contribution >= 0.6 is 0 Å². The summed E-state index contributed by atoms with van der Waals surface area (Å²) in [5.74, 6) is 0. The second-order valence-corrected chi connectivity index (χ2v) is 36.6. The maximum Gasteiger partial charge on any atom is 0.333 e. The van der Waals surface area contributed by atoms with Crippen LogP contribution in [-0.2, 0) is 48.7 Å². The lowest BCUT2D eigenvalue weighted by atomic mass is 9.42. The van der Waals surface area contributed by atoms with Gasteiger partial charge < -0.3 is 19.0 Å². The van der Waals surface area contributed by atoms with Crippen LogP contribution in [0.25, 0.3) is 44.2 Å². The maximum absolute atomic E-state index is 7.48. The maximum atomic E-state index is 7.48. The van der Waals surface area contributed by atoms with Crippen LogP contribution in [0.1, 0.15) is 238 Å². The van der Waals surface area contributed by atoms with Crippen molar-refractivity contribution in [3.63, 3.8) is 0 Å². The zero-order valence-corrected chi connectivity index (χ0v) is 61.0. The minimum absolute atomic E-state index is 0.00597. The largest absolute Gasteiger partial charge is 0.456 e. The number of furan rings is 1. The molecule has 0 saturated carbocycles. The Kier molecular flexibility index (Phi) is 13.0. The summed E-state index contributed by atoms with van der Waals surface area (Å²) in [5, 5.41) is 2.39. The second kappa shape index (κ2) is 19.9. The van der Waals surface area contributed by atoms with E-state index in [1.54, 1.807) is 0 Å². The molecule has 0 radical (unpaired) electrons. The van der Waals surface area contributed by atoms with Gasteiger partial charge in [0, 0.05) is 67.2 Å². The number of nitrogens with zero attached hydrogens (tertiary/aromatic N) is 3. The highest BCUT2D eigenvalue weighted by Gasteiger charge is 2.52. The van der Waals surface area contributed by atoms with Gasteiger partial charge in [-0.3, -0.25) is 0 Å². The topological polar surface area (TPSA) is 22.9 Å². The van der Waals surface area contributed by atoms with Gasteiger partial charge >= 0.3 is 6.85 Å². The molecular formula is C90H100BN3O. The van der Waals surface area contributed by atoms with Crippen molar-refractivity contribution in [2.75, 3.05) is 14.6 Å². The quantitative estimate of drug-likeness (QED) is 0.160. The number of hydrogen-bond donors (Lipinski definition) is 0. The molecule has 4 aliphatic carbocycles. The molecule has 9 aromatic carbocycles. The number of rotatable bonds is 5. The van der Waals surface area contributed by atoms with Gasteiger partial charge in [-0.15, -0.1) is 0 Å². The van der Waals surface area contributed by atoms with Gasteiger partial charge in [-0.05, 0) is 269 Å². The van der Waals surface area contributed by atoms with Gasteiger partial charge in [-0.1, -0.05) is 199 Å². The van der Waals surface area contributed by atoms with Crippen LogP contribution in [0.15, 0.2) is 156 Å². The molecule has 2 aliphatic heterocycles. The van der Waals surface area contributed by atoms with Gasteiger partial charge in [-0.25, -0.2) is 0 Å². The highest BCUT2D eigenvalue weighted by atomic mass is 16.3. The van der Waals surface area contributed by atoms with Gasteiger partial charge in [0.25, 0.3) is 0 Å². The van der Waals surface area contributed by atoms with E-state index in [1.165, 1.54) is 134 Å².